The minimum atomic E-state index is -3.65. The predicted molar refractivity (Wildman–Crippen MR) is 108 cm³/mol. The molecule has 3 rings (SSSR count). The van der Waals surface area contributed by atoms with Gasteiger partial charge in [0, 0.05) is 37.2 Å². The Labute approximate surface area is 166 Å². The van der Waals surface area contributed by atoms with Gasteiger partial charge in [0.2, 0.25) is 10.0 Å². The fraction of sp³-hybridized carbons (Fsp3) is 0.400. The molecule has 0 amide bonds. The lowest BCUT2D eigenvalue weighted by Crippen LogP contribution is -2.53. The number of nitrogens with zero attached hydrogens (tertiary/aromatic N) is 2. The van der Waals surface area contributed by atoms with Crippen LogP contribution in [0.3, 0.4) is 0 Å². The quantitative estimate of drug-likeness (QED) is 0.736. The Hall–Kier alpha value is -1.60. The van der Waals surface area contributed by atoms with E-state index >= 15 is 0 Å². The van der Waals surface area contributed by atoms with Crippen molar-refractivity contribution in [3.63, 3.8) is 0 Å². The summed E-state index contributed by atoms with van der Waals surface area (Å²) < 4.78 is 33.0. The number of hydrogen-bond acceptors (Lipinski definition) is 4. The molecule has 2 aromatic rings. The van der Waals surface area contributed by atoms with Crippen LogP contribution in [0, 0.1) is 0 Å². The topological polar surface area (TPSA) is 49.9 Å². The lowest BCUT2D eigenvalue weighted by atomic mass is 10.1. The minimum Gasteiger partial charge on any atom is -0.495 e. The molecule has 1 aliphatic rings. The zero-order valence-corrected chi connectivity index (χ0v) is 17.2. The van der Waals surface area contributed by atoms with Crippen LogP contribution in [0.25, 0.3) is 0 Å². The van der Waals surface area contributed by atoms with Crippen LogP contribution in [0.15, 0.2) is 53.4 Å². The largest absolute Gasteiger partial charge is 0.495 e. The summed E-state index contributed by atoms with van der Waals surface area (Å²) in [7, 11) is -2.19. The molecule has 1 fully saturated rings. The van der Waals surface area contributed by atoms with E-state index in [1.165, 1.54) is 23.0 Å². The number of ether oxygens (including phenoxy) is 1. The summed E-state index contributed by atoms with van der Waals surface area (Å²) in [4.78, 5) is 2.47. The lowest BCUT2D eigenvalue weighted by Gasteiger charge is -2.39. The lowest BCUT2D eigenvalue weighted by molar-refractivity contribution is 0.130. The molecular formula is C20H25ClN2O3S. The van der Waals surface area contributed by atoms with Crippen molar-refractivity contribution in [1.82, 2.24) is 9.21 Å². The van der Waals surface area contributed by atoms with Crippen molar-refractivity contribution in [2.75, 3.05) is 33.3 Å². The average Bonchev–Trinajstić information content (AvgIpc) is 2.67. The molecule has 5 nitrogen and oxygen atoms in total. The zero-order chi connectivity index (χ0) is 19.4. The molecule has 146 valence electrons. The van der Waals surface area contributed by atoms with Crippen LogP contribution < -0.4 is 4.74 Å². The molecule has 0 aromatic heterocycles. The summed E-state index contributed by atoms with van der Waals surface area (Å²) in [6.45, 7) is 4.60. The number of sulfonamides is 1. The molecule has 2 aromatic carbocycles. The van der Waals surface area contributed by atoms with Crippen molar-refractivity contribution in [3.8, 4) is 5.75 Å². The van der Waals surface area contributed by atoms with E-state index in [1.807, 2.05) is 18.2 Å². The third kappa shape index (κ3) is 4.63. The molecule has 0 bridgehead atoms. The maximum absolute atomic E-state index is 13.1. The van der Waals surface area contributed by atoms with Crippen LogP contribution >= 0.6 is 11.6 Å². The zero-order valence-electron chi connectivity index (χ0n) is 15.6. The molecule has 1 unspecified atom stereocenters. The predicted octanol–water partition coefficient (Wildman–Crippen LogP) is 3.29. The van der Waals surface area contributed by atoms with Crippen LogP contribution in [0.2, 0.25) is 5.02 Å². The first kappa shape index (κ1) is 20.1. The Morgan fingerprint density at radius 1 is 1.15 bits per heavy atom. The second-order valence-corrected chi connectivity index (χ2v) is 9.12. The standard InChI is InChI=1S/C20H25ClN2O3S/c1-16-15-23(13-12-22(16)11-10-17-6-4-3-5-7-17)27(24,25)20-14-18(21)8-9-19(20)26-2/h3-9,14,16H,10-13,15H2,1-2H3. The first-order valence-corrected chi connectivity index (χ1v) is 10.9. The fourth-order valence-electron chi connectivity index (χ4n) is 3.42. The normalized spacial score (nSPS) is 19.1. The van der Waals surface area contributed by atoms with Gasteiger partial charge in [0.05, 0.1) is 7.11 Å². The van der Waals surface area contributed by atoms with E-state index in [-0.39, 0.29) is 10.9 Å². The van der Waals surface area contributed by atoms with Gasteiger partial charge in [-0.1, -0.05) is 41.9 Å². The number of rotatable bonds is 6. The van der Waals surface area contributed by atoms with Crippen molar-refractivity contribution in [1.29, 1.82) is 0 Å². The molecule has 0 N–H and O–H groups in total. The van der Waals surface area contributed by atoms with Gasteiger partial charge in [-0.05, 0) is 37.1 Å². The van der Waals surface area contributed by atoms with Gasteiger partial charge in [-0.2, -0.15) is 4.31 Å². The number of halogens is 1. The monoisotopic (exact) mass is 408 g/mol. The van der Waals surface area contributed by atoms with Gasteiger partial charge in [0.15, 0.2) is 0 Å². The van der Waals surface area contributed by atoms with Crippen LogP contribution in [-0.2, 0) is 16.4 Å². The third-order valence-corrected chi connectivity index (χ3v) is 7.12. The highest BCUT2D eigenvalue weighted by Gasteiger charge is 2.33. The van der Waals surface area contributed by atoms with Gasteiger partial charge >= 0.3 is 0 Å². The summed E-state index contributed by atoms with van der Waals surface area (Å²) in [6, 6.07) is 15.2. The van der Waals surface area contributed by atoms with Crippen molar-refractivity contribution < 1.29 is 13.2 Å². The minimum absolute atomic E-state index is 0.127. The van der Waals surface area contributed by atoms with Gasteiger partial charge < -0.3 is 4.74 Å². The molecule has 1 aliphatic heterocycles. The molecule has 27 heavy (non-hydrogen) atoms. The third-order valence-electron chi connectivity index (χ3n) is 5.00. The summed E-state index contributed by atoms with van der Waals surface area (Å²) in [5.74, 6) is 0.318. The highest BCUT2D eigenvalue weighted by Crippen LogP contribution is 2.30. The fourth-order valence-corrected chi connectivity index (χ4v) is 5.35. The maximum Gasteiger partial charge on any atom is 0.246 e. The highest BCUT2D eigenvalue weighted by molar-refractivity contribution is 7.89. The van der Waals surface area contributed by atoms with Crippen LogP contribution in [0.4, 0.5) is 0 Å². The summed E-state index contributed by atoms with van der Waals surface area (Å²) in [5, 5.41) is 0.379. The van der Waals surface area contributed by atoms with Crippen molar-refractivity contribution >= 4 is 21.6 Å². The van der Waals surface area contributed by atoms with E-state index in [9.17, 15) is 8.42 Å². The van der Waals surface area contributed by atoms with Crippen molar-refractivity contribution in [3.05, 3.63) is 59.1 Å². The second-order valence-electron chi connectivity index (χ2n) is 6.78. The molecule has 1 atom stereocenters. The van der Waals surface area contributed by atoms with Crippen molar-refractivity contribution in [2.24, 2.45) is 0 Å². The first-order chi connectivity index (χ1) is 12.9. The Bertz CT molecular complexity index is 874. The van der Waals surface area contributed by atoms with Gasteiger partial charge in [0.1, 0.15) is 10.6 Å². The van der Waals surface area contributed by atoms with E-state index in [2.05, 4.69) is 24.0 Å². The van der Waals surface area contributed by atoms with Crippen LogP contribution in [-0.4, -0.2) is 57.0 Å². The van der Waals surface area contributed by atoms with E-state index in [1.54, 1.807) is 12.1 Å². The van der Waals surface area contributed by atoms with Gasteiger partial charge in [0.25, 0.3) is 0 Å². The number of benzene rings is 2. The molecular weight excluding hydrogens is 384 g/mol. The first-order valence-electron chi connectivity index (χ1n) is 9.03. The molecule has 0 radical (unpaired) electrons. The highest BCUT2D eigenvalue weighted by atomic mass is 35.5. The van der Waals surface area contributed by atoms with Gasteiger partial charge in [-0.25, -0.2) is 8.42 Å². The molecule has 0 saturated carbocycles. The second kappa shape index (κ2) is 8.61. The molecule has 0 aliphatic carbocycles. The SMILES string of the molecule is COc1ccc(Cl)cc1S(=O)(=O)N1CCN(CCc2ccccc2)C(C)C1. The molecule has 1 saturated heterocycles. The van der Waals surface area contributed by atoms with E-state index in [4.69, 9.17) is 16.3 Å². The van der Waals surface area contributed by atoms with Crippen molar-refractivity contribution in [2.45, 2.75) is 24.3 Å². The van der Waals surface area contributed by atoms with Gasteiger partial charge in [-0.3, -0.25) is 4.90 Å². The number of methoxy groups -OCH3 is 1. The van der Waals surface area contributed by atoms with E-state index in [0.29, 0.717) is 30.4 Å². The Morgan fingerprint density at radius 2 is 1.89 bits per heavy atom. The smallest absolute Gasteiger partial charge is 0.246 e. The average molecular weight is 409 g/mol. The Kier molecular flexibility index (Phi) is 6.42. The maximum atomic E-state index is 13.1. The Morgan fingerprint density at radius 3 is 2.56 bits per heavy atom. The van der Waals surface area contributed by atoms with Crippen LogP contribution in [0.1, 0.15) is 12.5 Å². The Balaban J connectivity index is 1.69. The number of hydrogen-bond donors (Lipinski definition) is 0. The molecule has 1 heterocycles. The molecule has 0 spiro atoms. The summed E-state index contributed by atoms with van der Waals surface area (Å²) in [5.41, 5.74) is 1.29. The number of piperazine rings is 1. The summed E-state index contributed by atoms with van der Waals surface area (Å²) in [6.07, 6.45) is 0.958. The van der Waals surface area contributed by atoms with E-state index in [0.717, 1.165) is 13.0 Å². The van der Waals surface area contributed by atoms with Gasteiger partial charge in [-0.15, -0.1) is 0 Å². The van der Waals surface area contributed by atoms with E-state index < -0.39 is 10.0 Å². The van der Waals surface area contributed by atoms with Crippen LogP contribution in [0.5, 0.6) is 5.75 Å². The summed E-state index contributed by atoms with van der Waals surface area (Å²) >= 11 is 6.02. The molecule has 7 heteroatoms.